The summed E-state index contributed by atoms with van der Waals surface area (Å²) in [4.78, 5) is 0. The van der Waals surface area contributed by atoms with Crippen LogP contribution in [0, 0.1) is 0 Å². The Morgan fingerprint density at radius 3 is 3.00 bits per heavy atom. The van der Waals surface area contributed by atoms with E-state index in [1.165, 1.54) is 24.0 Å². The highest BCUT2D eigenvalue weighted by Crippen LogP contribution is 2.27. The van der Waals surface area contributed by atoms with E-state index in [0.717, 1.165) is 11.0 Å². The molecule has 0 aromatic heterocycles. The van der Waals surface area contributed by atoms with Crippen molar-refractivity contribution in [1.29, 1.82) is 0 Å². The summed E-state index contributed by atoms with van der Waals surface area (Å²) in [6.07, 6.45) is 2.53. The molecule has 1 saturated heterocycles. The van der Waals surface area contributed by atoms with Crippen molar-refractivity contribution in [3.63, 3.8) is 0 Å². The van der Waals surface area contributed by atoms with E-state index in [1.54, 1.807) is 7.11 Å². The van der Waals surface area contributed by atoms with Crippen LogP contribution >= 0.6 is 15.9 Å². The highest BCUT2D eigenvalue weighted by Gasteiger charge is 2.16. The molecular formula is C12H16BrNO. The number of halogens is 1. The molecule has 0 amide bonds. The zero-order valence-electron chi connectivity index (χ0n) is 8.92. The van der Waals surface area contributed by atoms with Gasteiger partial charge in [0.25, 0.3) is 0 Å². The van der Waals surface area contributed by atoms with Gasteiger partial charge < -0.3 is 10.1 Å². The summed E-state index contributed by atoms with van der Waals surface area (Å²) in [6.45, 7) is 1.81. The van der Waals surface area contributed by atoms with Crippen LogP contribution in [0.4, 0.5) is 0 Å². The first kappa shape index (κ1) is 11.1. The normalized spacial score (nSPS) is 20.8. The molecule has 0 spiro atoms. The van der Waals surface area contributed by atoms with E-state index in [1.807, 2.05) is 0 Å². The van der Waals surface area contributed by atoms with Gasteiger partial charge in [0.2, 0.25) is 0 Å². The predicted molar refractivity (Wildman–Crippen MR) is 64.8 cm³/mol. The van der Waals surface area contributed by atoms with Crippen LogP contribution in [-0.4, -0.2) is 13.7 Å². The van der Waals surface area contributed by atoms with Crippen molar-refractivity contribution in [2.45, 2.75) is 25.5 Å². The average Bonchev–Trinajstić information content (AvgIpc) is 2.74. The molecule has 1 N–H and O–H groups in total. The van der Waals surface area contributed by atoms with Crippen LogP contribution in [-0.2, 0) is 11.3 Å². The van der Waals surface area contributed by atoms with Gasteiger partial charge in [-0.05, 0) is 36.6 Å². The lowest BCUT2D eigenvalue weighted by molar-refractivity contribution is 0.184. The summed E-state index contributed by atoms with van der Waals surface area (Å²) in [7, 11) is 1.72. The van der Waals surface area contributed by atoms with Gasteiger partial charge in [-0.25, -0.2) is 0 Å². The summed E-state index contributed by atoms with van der Waals surface area (Å²) < 4.78 is 6.28. The Morgan fingerprint density at radius 1 is 1.53 bits per heavy atom. The standard InChI is InChI=1S/C12H16BrNO/c1-15-8-10-5-4-9(7-11(10)13)12-3-2-6-14-12/h4-5,7,12,14H,2-3,6,8H2,1H3. The Labute approximate surface area is 99.1 Å². The number of rotatable bonds is 3. The number of methoxy groups -OCH3 is 1. The molecule has 0 aliphatic carbocycles. The molecule has 0 radical (unpaired) electrons. The van der Waals surface area contributed by atoms with E-state index in [-0.39, 0.29) is 0 Å². The highest BCUT2D eigenvalue weighted by molar-refractivity contribution is 9.10. The molecule has 0 bridgehead atoms. The van der Waals surface area contributed by atoms with Crippen molar-refractivity contribution in [2.75, 3.05) is 13.7 Å². The van der Waals surface area contributed by atoms with Crippen LogP contribution in [0.5, 0.6) is 0 Å². The molecule has 1 atom stereocenters. The van der Waals surface area contributed by atoms with Crippen LogP contribution < -0.4 is 5.32 Å². The van der Waals surface area contributed by atoms with Gasteiger partial charge in [-0.15, -0.1) is 0 Å². The first-order chi connectivity index (χ1) is 7.31. The molecule has 2 nitrogen and oxygen atoms in total. The topological polar surface area (TPSA) is 21.3 Å². The summed E-state index contributed by atoms with van der Waals surface area (Å²) in [5, 5.41) is 3.50. The molecular weight excluding hydrogens is 254 g/mol. The second kappa shape index (κ2) is 5.10. The third-order valence-electron chi connectivity index (χ3n) is 2.84. The van der Waals surface area contributed by atoms with E-state index >= 15 is 0 Å². The fraction of sp³-hybridized carbons (Fsp3) is 0.500. The van der Waals surface area contributed by atoms with Crippen LogP contribution in [0.1, 0.15) is 30.0 Å². The lowest BCUT2D eigenvalue weighted by Crippen LogP contribution is -2.12. The number of benzene rings is 1. The summed E-state index contributed by atoms with van der Waals surface area (Å²) in [6, 6.07) is 7.08. The van der Waals surface area contributed by atoms with Gasteiger partial charge in [0.1, 0.15) is 0 Å². The number of nitrogens with one attached hydrogen (secondary N) is 1. The van der Waals surface area contributed by atoms with Gasteiger partial charge in [-0.3, -0.25) is 0 Å². The van der Waals surface area contributed by atoms with Gasteiger partial charge in [0.15, 0.2) is 0 Å². The maximum Gasteiger partial charge on any atom is 0.0724 e. The highest BCUT2D eigenvalue weighted by atomic mass is 79.9. The third kappa shape index (κ3) is 2.60. The Morgan fingerprint density at radius 2 is 2.40 bits per heavy atom. The second-order valence-corrected chi connectivity index (χ2v) is 4.79. The number of hydrogen-bond acceptors (Lipinski definition) is 2. The summed E-state index contributed by atoms with van der Waals surface area (Å²) >= 11 is 3.59. The van der Waals surface area contributed by atoms with Crippen LogP contribution in [0.2, 0.25) is 0 Å². The second-order valence-electron chi connectivity index (χ2n) is 3.93. The van der Waals surface area contributed by atoms with Crippen molar-refractivity contribution in [2.24, 2.45) is 0 Å². The zero-order chi connectivity index (χ0) is 10.7. The molecule has 1 aliphatic heterocycles. The van der Waals surface area contributed by atoms with Gasteiger partial charge in [0, 0.05) is 17.6 Å². The van der Waals surface area contributed by atoms with Crippen molar-refractivity contribution >= 4 is 15.9 Å². The average molecular weight is 270 g/mol. The molecule has 1 fully saturated rings. The van der Waals surface area contributed by atoms with E-state index in [9.17, 15) is 0 Å². The van der Waals surface area contributed by atoms with Crippen molar-refractivity contribution in [3.8, 4) is 0 Å². The van der Waals surface area contributed by atoms with Gasteiger partial charge >= 0.3 is 0 Å². The first-order valence-electron chi connectivity index (χ1n) is 5.32. The minimum absolute atomic E-state index is 0.540. The minimum atomic E-state index is 0.540. The number of ether oxygens (including phenoxy) is 1. The van der Waals surface area contributed by atoms with Crippen molar-refractivity contribution < 1.29 is 4.74 Å². The lowest BCUT2D eigenvalue weighted by Gasteiger charge is -2.12. The molecule has 1 unspecified atom stereocenters. The van der Waals surface area contributed by atoms with Crippen molar-refractivity contribution in [3.05, 3.63) is 33.8 Å². The Balaban J connectivity index is 2.16. The maximum atomic E-state index is 5.13. The summed E-state index contributed by atoms with van der Waals surface area (Å²) in [5.41, 5.74) is 2.58. The van der Waals surface area contributed by atoms with E-state index < -0.39 is 0 Å². The maximum absolute atomic E-state index is 5.13. The largest absolute Gasteiger partial charge is 0.380 e. The molecule has 1 aliphatic rings. The monoisotopic (exact) mass is 269 g/mol. The quantitative estimate of drug-likeness (QED) is 0.911. The molecule has 0 saturated carbocycles. The third-order valence-corrected chi connectivity index (χ3v) is 3.58. The smallest absolute Gasteiger partial charge is 0.0724 e. The Bertz CT molecular complexity index is 334. The van der Waals surface area contributed by atoms with Crippen molar-refractivity contribution in [1.82, 2.24) is 5.32 Å². The Kier molecular flexibility index (Phi) is 3.78. The lowest BCUT2D eigenvalue weighted by atomic mass is 10.0. The fourth-order valence-corrected chi connectivity index (χ4v) is 2.53. The van der Waals surface area contributed by atoms with E-state index in [4.69, 9.17) is 4.74 Å². The Hall–Kier alpha value is -0.380. The van der Waals surface area contributed by atoms with E-state index in [0.29, 0.717) is 12.6 Å². The molecule has 1 heterocycles. The summed E-state index contributed by atoms with van der Waals surface area (Å²) in [5.74, 6) is 0. The first-order valence-corrected chi connectivity index (χ1v) is 6.11. The SMILES string of the molecule is COCc1ccc(C2CCCN2)cc1Br. The van der Waals surface area contributed by atoms with Gasteiger partial charge in [-0.2, -0.15) is 0 Å². The minimum Gasteiger partial charge on any atom is -0.380 e. The van der Waals surface area contributed by atoms with Gasteiger partial charge in [-0.1, -0.05) is 28.1 Å². The molecule has 82 valence electrons. The molecule has 3 heteroatoms. The molecule has 15 heavy (non-hydrogen) atoms. The molecule has 1 aromatic carbocycles. The number of hydrogen-bond donors (Lipinski definition) is 1. The van der Waals surface area contributed by atoms with Crippen LogP contribution in [0.3, 0.4) is 0 Å². The van der Waals surface area contributed by atoms with Gasteiger partial charge in [0.05, 0.1) is 6.61 Å². The zero-order valence-corrected chi connectivity index (χ0v) is 10.5. The molecule has 1 aromatic rings. The van der Waals surface area contributed by atoms with Crippen LogP contribution in [0.15, 0.2) is 22.7 Å². The fourth-order valence-electron chi connectivity index (χ4n) is 2.02. The van der Waals surface area contributed by atoms with E-state index in [2.05, 4.69) is 39.4 Å². The predicted octanol–water partition coefficient (Wildman–Crippen LogP) is 3.02. The van der Waals surface area contributed by atoms with Crippen LogP contribution in [0.25, 0.3) is 0 Å². The molecule has 2 rings (SSSR count).